The van der Waals surface area contributed by atoms with Gasteiger partial charge in [-0.05, 0) is 49.8 Å². The van der Waals surface area contributed by atoms with Gasteiger partial charge in [-0.3, -0.25) is 4.55 Å². The molecule has 0 aromatic heterocycles. The fourth-order valence-corrected chi connectivity index (χ4v) is 3.50. The Kier molecular flexibility index (Phi) is 11.7. The molecule has 0 fully saturated rings. The molecule has 0 aliphatic heterocycles. The molecule has 0 heterocycles. The Morgan fingerprint density at radius 3 is 2.19 bits per heavy atom. The fourth-order valence-electron chi connectivity index (χ4n) is 3.11. The number of ether oxygens (including phenoxy) is 1. The van der Waals surface area contributed by atoms with Gasteiger partial charge in [0.25, 0.3) is 10.1 Å². The predicted molar refractivity (Wildman–Crippen MR) is 113 cm³/mol. The molecule has 156 valence electrons. The summed E-state index contributed by atoms with van der Waals surface area (Å²) in [6.07, 6.45) is 12.2. The molecule has 4 nitrogen and oxygen atoms in total. The van der Waals surface area contributed by atoms with Gasteiger partial charge in [0, 0.05) is 6.42 Å². The van der Waals surface area contributed by atoms with Crippen LogP contribution in [0.25, 0.3) is 0 Å². The Labute approximate surface area is 166 Å². The molecule has 1 unspecified atom stereocenters. The highest BCUT2D eigenvalue weighted by atomic mass is 32.2. The zero-order valence-electron chi connectivity index (χ0n) is 17.4. The molecule has 1 aromatic rings. The summed E-state index contributed by atoms with van der Waals surface area (Å²) in [5.41, 5.74) is 2.58. The van der Waals surface area contributed by atoms with E-state index in [0.717, 1.165) is 25.0 Å². The average Bonchev–Trinajstić information content (AvgIpc) is 2.63. The summed E-state index contributed by atoms with van der Waals surface area (Å²) in [5.74, 6) is 0.853. The highest BCUT2D eigenvalue weighted by Crippen LogP contribution is 2.24. The van der Waals surface area contributed by atoms with Gasteiger partial charge in [-0.15, -0.1) is 0 Å². The van der Waals surface area contributed by atoms with E-state index >= 15 is 0 Å². The molecule has 0 bridgehead atoms. The number of rotatable bonds is 15. The van der Waals surface area contributed by atoms with Crippen molar-refractivity contribution in [3.8, 4) is 5.75 Å². The van der Waals surface area contributed by atoms with Crippen LogP contribution in [-0.2, 0) is 23.0 Å². The van der Waals surface area contributed by atoms with Gasteiger partial charge in [-0.2, -0.15) is 8.42 Å². The molecule has 1 aromatic carbocycles. The van der Waals surface area contributed by atoms with Crippen LogP contribution in [0.3, 0.4) is 0 Å². The minimum Gasteiger partial charge on any atom is -0.493 e. The van der Waals surface area contributed by atoms with Crippen molar-refractivity contribution in [2.24, 2.45) is 0 Å². The minimum atomic E-state index is -3.99. The molecule has 0 aliphatic carbocycles. The molecular formula is C22H38O4S. The maximum Gasteiger partial charge on any atom is 0.267 e. The first-order valence-corrected chi connectivity index (χ1v) is 12.1. The summed E-state index contributed by atoms with van der Waals surface area (Å²) < 4.78 is 37.2. The lowest BCUT2D eigenvalue weighted by Crippen LogP contribution is -2.19. The van der Waals surface area contributed by atoms with Crippen molar-refractivity contribution in [2.45, 2.75) is 96.7 Å². The second-order valence-corrected chi connectivity index (χ2v) is 9.36. The van der Waals surface area contributed by atoms with E-state index in [1.54, 1.807) is 0 Å². The standard InChI is InChI=1S/C22H38O4S/c1-4-6-8-10-12-20-14-15-22(21(18-20)13-11-9-7-5-2)26-17-16-19(3)27(23,24)25/h14-15,18-19H,4-13,16-17H2,1-3H3,(H,23,24,25). The number of hydrogen-bond acceptors (Lipinski definition) is 3. The quantitative estimate of drug-likeness (QED) is 0.292. The lowest BCUT2D eigenvalue weighted by molar-refractivity contribution is 0.303. The van der Waals surface area contributed by atoms with Crippen molar-refractivity contribution in [3.63, 3.8) is 0 Å². The lowest BCUT2D eigenvalue weighted by atomic mass is 9.99. The van der Waals surface area contributed by atoms with Gasteiger partial charge in [0.05, 0.1) is 11.9 Å². The molecular weight excluding hydrogens is 360 g/mol. The average molecular weight is 399 g/mol. The largest absolute Gasteiger partial charge is 0.493 e. The first-order chi connectivity index (χ1) is 12.9. The third-order valence-corrected chi connectivity index (χ3v) is 6.29. The van der Waals surface area contributed by atoms with Crippen LogP contribution in [0, 0.1) is 0 Å². The van der Waals surface area contributed by atoms with Crippen LogP contribution in [0.2, 0.25) is 0 Å². The van der Waals surface area contributed by atoms with Gasteiger partial charge in [0.15, 0.2) is 0 Å². The van der Waals surface area contributed by atoms with E-state index < -0.39 is 15.4 Å². The number of aryl methyl sites for hydroxylation is 2. The SMILES string of the molecule is CCCCCCc1ccc(OCCC(C)S(=O)(=O)O)c(CCCCCC)c1. The van der Waals surface area contributed by atoms with Crippen LogP contribution in [0.1, 0.15) is 89.7 Å². The zero-order chi connectivity index (χ0) is 20.1. The van der Waals surface area contributed by atoms with E-state index in [1.165, 1.54) is 63.0 Å². The van der Waals surface area contributed by atoms with Crippen LogP contribution in [0.5, 0.6) is 5.75 Å². The van der Waals surface area contributed by atoms with Gasteiger partial charge < -0.3 is 4.74 Å². The summed E-state index contributed by atoms with van der Waals surface area (Å²) >= 11 is 0. The number of benzene rings is 1. The zero-order valence-corrected chi connectivity index (χ0v) is 18.2. The first kappa shape index (κ1) is 24.0. The smallest absolute Gasteiger partial charge is 0.267 e. The van der Waals surface area contributed by atoms with Crippen molar-refractivity contribution >= 4 is 10.1 Å². The molecule has 1 atom stereocenters. The molecule has 1 N–H and O–H groups in total. The van der Waals surface area contributed by atoms with Crippen molar-refractivity contribution in [2.75, 3.05) is 6.61 Å². The Hall–Kier alpha value is -1.07. The van der Waals surface area contributed by atoms with Gasteiger partial charge in [-0.1, -0.05) is 64.5 Å². The van der Waals surface area contributed by atoms with Crippen LogP contribution in [0.15, 0.2) is 18.2 Å². The lowest BCUT2D eigenvalue weighted by Gasteiger charge is -2.15. The molecule has 0 saturated carbocycles. The molecule has 0 saturated heterocycles. The van der Waals surface area contributed by atoms with Gasteiger partial charge in [0.1, 0.15) is 5.75 Å². The predicted octanol–water partition coefficient (Wildman–Crippen LogP) is 5.98. The van der Waals surface area contributed by atoms with E-state index in [0.29, 0.717) is 6.61 Å². The highest BCUT2D eigenvalue weighted by molar-refractivity contribution is 7.86. The molecule has 1 rings (SSSR count). The Bertz CT molecular complexity index is 625. The Morgan fingerprint density at radius 2 is 1.59 bits per heavy atom. The summed E-state index contributed by atoms with van der Waals surface area (Å²) in [6, 6.07) is 6.42. The molecule has 0 aliphatic rings. The van der Waals surface area contributed by atoms with Crippen LogP contribution in [0.4, 0.5) is 0 Å². The fraction of sp³-hybridized carbons (Fsp3) is 0.727. The van der Waals surface area contributed by atoms with Gasteiger partial charge in [0.2, 0.25) is 0 Å². The summed E-state index contributed by atoms with van der Waals surface area (Å²) in [7, 11) is -3.99. The van der Waals surface area contributed by atoms with E-state index in [9.17, 15) is 8.42 Å². The third-order valence-electron chi connectivity index (χ3n) is 5.03. The topological polar surface area (TPSA) is 63.6 Å². The maximum atomic E-state index is 11.1. The van der Waals surface area contributed by atoms with Crippen molar-refractivity contribution in [1.29, 1.82) is 0 Å². The van der Waals surface area contributed by atoms with Gasteiger partial charge in [-0.25, -0.2) is 0 Å². The molecule has 0 spiro atoms. The molecule has 27 heavy (non-hydrogen) atoms. The van der Waals surface area contributed by atoms with E-state index in [2.05, 4.69) is 26.0 Å². The normalized spacial score (nSPS) is 12.9. The number of unbranched alkanes of at least 4 members (excludes halogenated alkanes) is 6. The van der Waals surface area contributed by atoms with Crippen LogP contribution >= 0.6 is 0 Å². The van der Waals surface area contributed by atoms with Crippen LogP contribution in [-0.4, -0.2) is 24.8 Å². The van der Waals surface area contributed by atoms with Crippen molar-refractivity contribution in [1.82, 2.24) is 0 Å². The summed E-state index contributed by atoms with van der Waals surface area (Å²) in [6.45, 7) is 6.23. The van der Waals surface area contributed by atoms with E-state index in [1.807, 2.05) is 6.07 Å². The Balaban J connectivity index is 2.68. The second-order valence-electron chi connectivity index (χ2n) is 7.53. The summed E-state index contributed by atoms with van der Waals surface area (Å²) in [4.78, 5) is 0. The Morgan fingerprint density at radius 1 is 0.963 bits per heavy atom. The van der Waals surface area contributed by atoms with Crippen molar-refractivity contribution < 1.29 is 17.7 Å². The third kappa shape index (κ3) is 10.2. The maximum absolute atomic E-state index is 11.1. The number of hydrogen-bond donors (Lipinski definition) is 1. The molecule has 0 radical (unpaired) electrons. The molecule has 0 amide bonds. The second kappa shape index (κ2) is 13.2. The molecule has 5 heteroatoms. The van der Waals surface area contributed by atoms with Crippen LogP contribution < -0.4 is 4.74 Å². The van der Waals surface area contributed by atoms with E-state index in [-0.39, 0.29) is 6.42 Å². The highest BCUT2D eigenvalue weighted by Gasteiger charge is 2.17. The van der Waals surface area contributed by atoms with E-state index in [4.69, 9.17) is 9.29 Å². The monoisotopic (exact) mass is 398 g/mol. The minimum absolute atomic E-state index is 0.285. The van der Waals surface area contributed by atoms with Crippen molar-refractivity contribution in [3.05, 3.63) is 29.3 Å². The summed E-state index contributed by atoms with van der Waals surface area (Å²) in [5, 5.41) is -0.802. The first-order valence-electron chi connectivity index (χ1n) is 10.6. The van der Waals surface area contributed by atoms with Gasteiger partial charge >= 0.3 is 0 Å².